The molecule has 0 radical (unpaired) electrons. The third-order valence-corrected chi connectivity index (χ3v) is 4.18. The maximum Gasteiger partial charge on any atom is 0.122 e. The summed E-state index contributed by atoms with van der Waals surface area (Å²) in [5.74, 6) is 1.01. The summed E-state index contributed by atoms with van der Waals surface area (Å²) in [6.45, 7) is 11.0. The fourth-order valence-corrected chi connectivity index (χ4v) is 2.88. The van der Waals surface area contributed by atoms with Gasteiger partial charge in [-0.2, -0.15) is 0 Å². The Morgan fingerprint density at radius 3 is 2.32 bits per heavy atom. The van der Waals surface area contributed by atoms with Crippen LogP contribution in [0.2, 0.25) is 0 Å². The largest absolute Gasteiger partial charge is 0.468 e. The summed E-state index contributed by atoms with van der Waals surface area (Å²) >= 11 is 0. The first-order chi connectivity index (χ1) is 9.13. The number of nitrogens with two attached hydrogens (primary N) is 1. The lowest BCUT2D eigenvalue weighted by molar-refractivity contribution is 0.0596. The molecule has 0 bridgehead atoms. The van der Waals surface area contributed by atoms with Crippen molar-refractivity contribution in [2.24, 2.45) is 5.73 Å². The van der Waals surface area contributed by atoms with Crippen LogP contribution in [0.25, 0.3) is 0 Å². The number of furan rings is 1. The second-order valence-electron chi connectivity index (χ2n) is 5.70. The zero-order chi connectivity index (χ0) is 13.8. The van der Waals surface area contributed by atoms with Crippen LogP contribution in [0.3, 0.4) is 0 Å². The third-order valence-electron chi connectivity index (χ3n) is 4.18. The predicted molar refractivity (Wildman–Crippen MR) is 78.0 cm³/mol. The van der Waals surface area contributed by atoms with Crippen molar-refractivity contribution in [3.8, 4) is 0 Å². The Hall–Kier alpha value is -0.840. The molecule has 0 saturated carbocycles. The van der Waals surface area contributed by atoms with Gasteiger partial charge in [-0.3, -0.25) is 9.80 Å². The predicted octanol–water partition coefficient (Wildman–Crippen LogP) is 2.08. The topological polar surface area (TPSA) is 45.6 Å². The van der Waals surface area contributed by atoms with Crippen molar-refractivity contribution >= 4 is 0 Å². The van der Waals surface area contributed by atoms with Crippen LogP contribution in [0.15, 0.2) is 22.8 Å². The van der Waals surface area contributed by atoms with Gasteiger partial charge in [-0.1, -0.05) is 6.92 Å². The molecule has 19 heavy (non-hydrogen) atoms. The van der Waals surface area contributed by atoms with Crippen LogP contribution in [-0.2, 0) is 0 Å². The molecule has 1 aromatic rings. The number of hydrogen-bond acceptors (Lipinski definition) is 4. The maximum absolute atomic E-state index is 6.32. The average molecular weight is 265 g/mol. The molecule has 1 aromatic heterocycles. The second-order valence-corrected chi connectivity index (χ2v) is 5.70. The minimum Gasteiger partial charge on any atom is -0.468 e. The van der Waals surface area contributed by atoms with Crippen molar-refractivity contribution in [1.82, 2.24) is 9.80 Å². The van der Waals surface area contributed by atoms with Crippen LogP contribution in [0.5, 0.6) is 0 Å². The monoisotopic (exact) mass is 265 g/mol. The maximum atomic E-state index is 6.32. The SMILES string of the molecule is CCC(N)C(c1ccco1)N1CCN(C(C)C)CC1. The second kappa shape index (κ2) is 6.55. The molecule has 4 heteroatoms. The van der Waals surface area contributed by atoms with Crippen LogP contribution in [0.1, 0.15) is 39.0 Å². The van der Waals surface area contributed by atoms with Gasteiger partial charge in [0, 0.05) is 38.3 Å². The summed E-state index contributed by atoms with van der Waals surface area (Å²) in [5.41, 5.74) is 6.32. The highest BCUT2D eigenvalue weighted by Crippen LogP contribution is 2.26. The van der Waals surface area contributed by atoms with Crippen LogP contribution >= 0.6 is 0 Å². The van der Waals surface area contributed by atoms with E-state index in [0.717, 1.165) is 38.4 Å². The summed E-state index contributed by atoms with van der Waals surface area (Å²) in [6, 6.07) is 4.99. The number of nitrogens with zero attached hydrogens (tertiary/aromatic N) is 2. The van der Waals surface area contributed by atoms with Gasteiger partial charge in [0.25, 0.3) is 0 Å². The Morgan fingerprint density at radius 2 is 1.84 bits per heavy atom. The Bertz CT molecular complexity index is 355. The highest BCUT2D eigenvalue weighted by Gasteiger charge is 2.30. The van der Waals surface area contributed by atoms with Gasteiger partial charge in [-0.15, -0.1) is 0 Å². The fraction of sp³-hybridized carbons (Fsp3) is 0.733. The molecule has 2 unspecified atom stereocenters. The minimum atomic E-state index is 0.136. The molecule has 1 saturated heterocycles. The molecule has 2 atom stereocenters. The van der Waals surface area contributed by atoms with E-state index in [1.807, 2.05) is 6.07 Å². The van der Waals surface area contributed by atoms with Crippen molar-refractivity contribution in [3.05, 3.63) is 24.2 Å². The summed E-state index contributed by atoms with van der Waals surface area (Å²) < 4.78 is 5.61. The molecule has 4 nitrogen and oxygen atoms in total. The molecule has 0 spiro atoms. The molecule has 1 aliphatic heterocycles. The van der Waals surface area contributed by atoms with E-state index < -0.39 is 0 Å². The summed E-state index contributed by atoms with van der Waals surface area (Å²) in [7, 11) is 0. The Labute approximate surface area is 116 Å². The molecule has 0 amide bonds. The van der Waals surface area contributed by atoms with E-state index in [2.05, 4.69) is 36.6 Å². The Kier molecular flexibility index (Phi) is 5.02. The Morgan fingerprint density at radius 1 is 1.21 bits per heavy atom. The van der Waals surface area contributed by atoms with Crippen molar-refractivity contribution in [3.63, 3.8) is 0 Å². The molecule has 2 rings (SSSR count). The number of hydrogen-bond donors (Lipinski definition) is 1. The fourth-order valence-electron chi connectivity index (χ4n) is 2.88. The van der Waals surface area contributed by atoms with Gasteiger partial charge in [-0.25, -0.2) is 0 Å². The van der Waals surface area contributed by atoms with Gasteiger partial charge >= 0.3 is 0 Å². The standard InChI is InChI=1S/C15H27N3O/c1-4-13(16)15(14-6-5-11-19-14)18-9-7-17(8-10-18)12(2)3/h5-6,11-13,15H,4,7-10,16H2,1-3H3. The molecule has 0 aromatic carbocycles. The van der Waals surface area contributed by atoms with Gasteiger partial charge in [0.1, 0.15) is 5.76 Å². The molecular formula is C15H27N3O. The van der Waals surface area contributed by atoms with Crippen molar-refractivity contribution < 1.29 is 4.42 Å². The van der Waals surface area contributed by atoms with Crippen LogP contribution in [0, 0.1) is 0 Å². The molecule has 2 heterocycles. The van der Waals surface area contributed by atoms with Crippen LogP contribution in [0.4, 0.5) is 0 Å². The highest BCUT2D eigenvalue weighted by molar-refractivity contribution is 5.08. The summed E-state index contributed by atoms with van der Waals surface area (Å²) in [6.07, 6.45) is 2.71. The van der Waals surface area contributed by atoms with Crippen molar-refractivity contribution in [1.29, 1.82) is 0 Å². The molecule has 0 aliphatic carbocycles. The number of piperazine rings is 1. The van der Waals surface area contributed by atoms with E-state index in [4.69, 9.17) is 10.2 Å². The molecule has 1 aliphatic rings. The lowest BCUT2D eigenvalue weighted by Gasteiger charge is -2.41. The molecular weight excluding hydrogens is 238 g/mol. The summed E-state index contributed by atoms with van der Waals surface area (Å²) in [5, 5.41) is 0. The number of rotatable bonds is 5. The van der Waals surface area contributed by atoms with E-state index in [1.54, 1.807) is 6.26 Å². The Balaban J connectivity index is 2.05. The van der Waals surface area contributed by atoms with Gasteiger partial charge in [0.2, 0.25) is 0 Å². The van der Waals surface area contributed by atoms with E-state index >= 15 is 0 Å². The quantitative estimate of drug-likeness (QED) is 0.885. The van der Waals surface area contributed by atoms with Gasteiger partial charge in [0.05, 0.1) is 12.3 Å². The van der Waals surface area contributed by atoms with E-state index in [0.29, 0.717) is 6.04 Å². The highest BCUT2D eigenvalue weighted by atomic mass is 16.3. The third kappa shape index (κ3) is 3.38. The zero-order valence-electron chi connectivity index (χ0n) is 12.4. The van der Waals surface area contributed by atoms with E-state index in [-0.39, 0.29) is 12.1 Å². The first-order valence-corrected chi connectivity index (χ1v) is 7.40. The minimum absolute atomic E-state index is 0.136. The average Bonchev–Trinajstić information content (AvgIpc) is 2.93. The smallest absolute Gasteiger partial charge is 0.122 e. The van der Waals surface area contributed by atoms with Crippen LogP contribution < -0.4 is 5.73 Å². The van der Waals surface area contributed by atoms with Crippen molar-refractivity contribution in [2.45, 2.75) is 45.3 Å². The van der Waals surface area contributed by atoms with Crippen molar-refractivity contribution in [2.75, 3.05) is 26.2 Å². The van der Waals surface area contributed by atoms with Gasteiger partial charge < -0.3 is 10.2 Å². The zero-order valence-corrected chi connectivity index (χ0v) is 12.4. The van der Waals surface area contributed by atoms with Gasteiger partial charge in [0.15, 0.2) is 0 Å². The first kappa shape index (κ1) is 14.6. The van der Waals surface area contributed by atoms with Gasteiger partial charge in [-0.05, 0) is 32.4 Å². The lowest BCUT2D eigenvalue weighted by atomic mass is 10.0. The lowest BCUT2D eigenvalue weighted by Crippen LogP contribution is -2.52. The first-order valence-electron chi connectivity index (χ1n) is 7.40. The normalized spacial score (nSPS) is 21.7. The van der Waals surface area contributed by atoms with Crippen LogP contribution in [-0.4, -0.2) is 48.1 Å². The molecule has 108 valence electrons. The molecule has 1 fully saturated rings. The van der Waals surface area contributed by atoms with E-state index in [1.165, 1.54) is 0 Å². The van der Waals surface area contributed by atoms with E-state index in [9.17, 15) is 0 Å². The summed E-state index contributed by atoms with van der Waals surface area (Å²) in [4.78, 5) is 5.00. The molecule has 2 N–H and O–H groups in total.